The Labute approximate surface area is 101 Å². The Morgan fingerprint density at radius 1 is 1.59 bits per heavy atom. The molecule has 0 spiro atoms. The van der Waals surface area contributed by atoms with Crippen LogP contribution in [-0.4, -0.2) is 27.6 Å². The summed E-state index contributed by atoms with van der Waals surface area (Å²) in [5.41, 5.74) is 0.0335. The highest BCUT2D eigenvalue weighted by atomic mass is 16.5. The standard InChI is InChI=1S/C12H18N4O/c1-9-14-11(15-17-9)8-16-6-4-5-12(2,3)10(16)7-13/h10H,4-6,8H2,1-3H3. The van der Waals surface area contributed by atoms with Crippen LogP contribution in [0.3, 0.4) is 0 Å². The van der Waals surface area contributed by atoms with Gasteiger partial charge in [0.1, 0.15) is 6.04 Å². The van der Waals surface area contributed by atoms with Gasteiger partial charge in [0.25, 0.3) is 0 Å². The van der Waals surface area contributed by atoms with Crippen molar-refractivity contribution in [2.45, 2.75) is 46.2 Å². The van der Waals surface area contributed by atoms with Crippen LogP contribution in [-0.2, 0) is 6.54 Å². The Bertz CT molecular complexity index is 432. The van der Waals surface area contributed by atoms with Crippen molar-refractivity contribution < 1.29 is 4.52 Å². The summed E-state index contributed by atoms with van der Waals surface area (Å²) in [6.45, 7) is 7.59. The molecule has 0 saturated carbocycles. The lowest BCUT2D eigenvalue weighted by molar-refractivity contribution is 0.0636. The maximum atomic E-state index is 9.32. The van der Waals surface area contributed by atoms with Crippen molar-refractivity contribution in [3.05, 3.63) is 11.7 Å². The van der Waals surface area contributed by atoms with Gasteiger partial charge in [-0.2, -0.15) is 10.2 Å². The lowest BCUT2D eigenvalue weighted by Gasteiger charge is -2.42. The highest BCUT2D eigenvalue weighted by molar-refractivity contribution is 5.04. The Morgan fingerprint density at radius 3 is 2.94 bits per heavy atom. The molecule has 0 N–H and O–H groups in total. The van der Waals surface area contributed by atoms with Crippen LogP contribution >= 0.6 is 0 Å². The minimum absolute atomic E-state index is 0.0335. The second kappa shape index (κ2) is 4.46. The maximum absolute atomic E-state index is 9.32. The van der Waals surface area contributed by atoms with Gasteiger partial charge in [-0.3, -0.25) is 4.90 Å². The first kappa shape index (κ1) is 12.1. The number of hydrogen-bond donors (Lipinski definition) is 0. The fourth-order valence-corrected chi connectivity index (χ4v) is 2.51. The zero-order valence-corrected chi connectivity index (χ0v) is 10.6. The van der Waals surface area contributed by atoms with Crippen LogP contribution in [0.4, 0.5) is 0 Å². The number of aryl methyl sites for hydroxylation is 1. The van der Waals surface area contributed by atoms with E-state index in [1.54, 1.807) is 6.92 Å². The van der Waals surface area contributed by atoms with E-state index in [1.165, 1.54) is 0 Å². The van der Waals surface area contributed by atoms with E-state index in [0.717, 1.165) is 19.4 Å². The molecular weight excluding hydrogens is 216 g/mol. The minimum atomic E-state index is -0.0740. The van der Waals surface area contributed by atoms with Gasteiger partial charge in [-0.1, -0.05) is 19.0 Å². The predicted octanol–water partition coefficient (Wildman–Crippen LogP) is 1.89. The van der Waals surface area contributed by atoms with E-state index in [0.29, 0.717) is 18.3 Å². The SMILES string of the molecule is Cc1nc(CN2CCCC(C)(C)C2C#N)no1. The number of nitriles is 1. The summed E-state index contributed by atoms with van der Waals surface area (Å²) in [6.07, 6.45) is 2.20. The molecule has 1 fully saturated rings. The molecule has 17 heavy (non-hydrogen) atoms. The van der Waals surface area contributed by atoms with Gasteiger partial charge in [-0.05, 0) is 24.8 Å². The smallest absolute Gasteiger partial charge is 0.223 e. The normalized spacial score (nSPS) is 24.5. The molecule has 5 nitrogen and oxygen atoms in total. The third-order valence-electron chi connectivity index (χ3n) is 3.41. The summed E-state index contributed by atoms with van der Waals surface area (Å²) in [4.78, 5) is 6.34. The van der Waals surface area contributed by atoms with E-state index >= 15 is 0 Å². The molecule has 5 heteroatoms. The molecule has 2 heterocycles. The number of aromatic nitrogens is 2. The van der Waals surface area contributed by atoms with Crippen molar-refractivity contribution in [1.82, 2.24) is 15.0 Å². The molecule has 0 aromatic carbocycles. The first-order valence-corrected chi connectivity index (χ1v) is 5.96. The van der Waals surface area contributed by atoms with Gasteiger partial charge in [0.15, 0.2) is 5.82 Å². The van der Waals surface area contributed by atoms with Crippen LogP contribution in [0.5, 0.6) is 0 Å². The Kier molecular flexibility index (Phi) is 3.16. The zero-order valence-electron chi connectivity index (χ0n) is 10.6. The molecule has 0 radical (unpaired) electrons. The molecule has 0 amide bonds. The third-order valence-corrected chi connectivity index (χ3v) is 3.41. The molecule has 1 aliphatic heterocycles. The van der Waals surface area contributed by atoms with Gasteiger partial charge in [0.2, 0.25) is 5.89 Å². The molecule has 1 aliphatic rings. The first-order chi connectivity index (χ1) is 8.03. The number of rotatable bonds is 2. The summed E-state index contributed by atoms with van der Waals surface area (Å²) in [7, 11) is 0. The van der Waals surface area contributed by atoms with Crippen LogP contribution in [0, 0.1) is 23.7 Å². The van der Waals surface area contributed by atoms with Gasteiger partial charge >= 0.3 is 0 Å². The largest absolute Gasteiger partial charge is 0.340 e. The molecule has 1 atom stereocenters. The lowest BCUT2D eigenvalue weighted by Crippen LogP contribution is -2.48. The highest BCUT2D eigenvalue weighted by Crippen LogP contribution is 2.35. The van der Waals surface area contributed by atoms with Crippen molar-refractivity contribution in [3.8, 4) is 6.07 Å². The second-order valence-corrected chi connectivity index (χ2v) is 5.32. The Balaban J connectivity index is 2.12. The van der Waals surface area contributed by atoms with E-state index in [-0.39, 0.29) is 11.5 Å². The summed E-state index contributed by atoms with van der Waals surface area (Å²) in [5.74, 6) is 1.24. The van der Waals surface area contributed by atoms with Crippen molar-refractivity contribution in [2.24, 2.45) is 5.41 Å². The van der Waals surface area contributed by atoms with Crippen molar-refractivity contribution >= 4 is 0 Å². The summed E-state index contributed by atoms with van der Waals surface area (Å²) in [6, 6.07) is 2.34. The molecule has 1 unspecified atom stereocenters. The second-order valence-electron chi connectivity index (χ2n) is 5.32. The Morgan fingerprint density at radius 2 is 2.35 bits per heavy atom. The maximum Gasteiger partial charge on any atom is 0.223 e. The number of piperidine rings is 1. The monoisotopic (exact) mass is 234 g/mol. The molecular formula is C12H18N4O. The van der Waals surface area contributed by atoms with Gasteiger partial charge in [-0.15, -0.1) is 0 Å². The molecule has 0 aliphatic carbocycles. The topological polar surface area (TPSA) is 66.0 Å². The summed E-state index contributed by atoms with van der Waals surface area (Å²) < 4.78 is 4.96. The van der Waals surface area contributed by atoms with Crippen LogP contribution in [0.1, 0.15) is 38.4 Å². The fourth-order valence-electron chi connectivity index (χ4n) is 2.51. The van der Waals surface area contributed by atoms with Gasteiger partial charge in [0, 0.05) is 6.92 Å². The predicted molar refractivity (Wildman–Crippen MR) is 61.9 cm³/mol. The van der Waals surface area contributed by atoms with Gasteiger partial charge < -0.3 is 4.52 Å². The van der Waals surface area contributed by atoms with Crippen LogP contribution in [0.15, 0.2) is 4.52 Å². The van der Waals surface area contributed by atoms with Gasteiger partial charge in [0.05, 0.1) is 12.6 Å². The number of hydrogen-bond acceptors (Lipinski definition) is 5. The average molecular weight is 234 g/mol. The van der Waals surface area contributed by atoms with E-state index < -0.39 is 0 Å². The average Bonchev–Trinajstić information content (AvgIpc) is 2.63. The van der Waals surface area contributed by atoms with Crippen molar-refractivity contribution in [2.75, 3.05) is 6.54 Å². The van der Waals surface area contributed by atoms with E-state index in [2.05, 4.69) is 35.0 Å². The molecule has 0 bridgehead atoms. The third kappa shape index (κ3) is 2.47. The van der Waals surface area contributed by atoms with Crippen LogP contribution in [0.2, 0.25) is 0 Å². The lowest BCUT2D eigenvalue weighted by atomic mass is 9.77. The quantitative estimate of drug-likeness (QED) is 0.781. The van der Waals surface area contributed by atoms with E-state index in [1.807, 2.05) is 0 Å². The summed E-state index contributed by atoms with van der Waals surface area (Å²) >= 11 is 0. The van der Waals surface area contributed by atoms with Crippen molar-refractivity contribution in [1.29, 1.82) is 5.26 Å². The Hall–Kier alpha value is -1.41. The molecule has 1 saturated heterocycles. The van der Waals surface area contributed by atoms with E-state index in [9.17, 15) is 5.26 Å². The minimum Gasteiger partial charge on any atom is -0.340 e. The van der Waals surface area contributed by atoms with E-state index in [4.69, 9.17) is 4.52 Å². The first-order valence-electron chi connectivity index (χ1n) is 5.96. The highest BCUT2D eigenvalue weighted by Gasteiger charge is 2.38. The van der Waals surface area contributed by atoms with Crippen LogP contribution in [0.25, 0.3) is 0 Å². The summed E-state index contributed by atoms with van der Waals surface area (Å²) in [5, 5.41) is 13.2. The zero-order chi connectivity index (χ0) is 12.5. The molecule has 1 aromatic heterocycles. The number of nitrogens with zero attached hydrogens (tertiary/aromatic N) is 4. The fraction of sp³-hybridized carbons (Fsp3) is 0.750. The number of likely N-dealkylation sites (tertiary alicyclic amines) is 1. The molecule has 1 aromatic rings. The molecule has 92 valence electrons. The van der Waals surface area contributed by atoms with Gasteiger partial charge in [-0.25, -0.2) is 0 Å². The van der Waals surface area contributed by atoms with Crippen molar-refractivity contribution in [3.63, 3.8) is 0 Å². The van der Waals surface area contributed by atoms with Crippen LogP contribution < -0.4 is 0 Å². The molecule has 2 rings (SSSR count).